The van der Waals surface area contributed by atoms with Crippen molar-refractivity contribution >= 4 is 59.0 Å². The van der Waals surface area contributed by atoms with E-state index in [9.17, 15) is 0 Å². The van der Waals surface area contributed by atoms with Gasteiger partial charge in [0.05, 0.1) is 0 Å². The lowest BCUT2D eigenvalue weighted by molar-refractivity contribution is 1.61. The predicted octanol–water partition coefficient (Wildman–Crippen LogP) is 7.14. The lowest BCUT2D eigenvalue weighted by Gasteiger charge is -2.05. The largest absolute Gasteiger partial charge is 0.135 e. The Morgan fingerprint density at radius 2 is 1.62 bits per heavy atom. The van der Waals surface area contributed by atoms with E-state index in [1.165, 1.54) is 31.3 Å². The van der Waals surface area contributed by atoms with E-state index in [0.29, 0.717) is 0 Å². The van der Waals surface area contributed by atoms with Gasteiger partial charge in [-0.1, -0.05) is 63.9 Å². The molecule has 0 fully saturated rings. The van der Waals surface area contributed by atoms with Gasteiger partial charge in [0.25, 0.3) is 0 Å². The van der Waals surface area contributed by atoms with Gasteiger partial charge >= 0.3 is 0 Å². The summed E-state index contributed by atoms with van der Waals surface area (Å²) >= 11 is 11.5. The molecule has 102 valence electrons. The molecule has 4 aromatic rings. The summed E-state index contributed by atoms with van der Waals surface area (Å²) in [6.45, 7) is 0. The molecule has 0 unspecified atom stereocenters. The number of rotatable bonds is 1. The first-order valence-electron chi connectivity index (χ1n) is 6.59. The fraction of sp³-hybridized carbons (Fsp3) is 0. The first-order valence-corrected chi connectivity index (χ1v) is 8.58. The van der Waals surface area contributed by atoms with Crippen LogP contribution in [0.4, 0.5) is 0 Å². The molecule has 1 heterocycles. The maximum Gasteiger partial charge on any atom is 0.0417 e. The monoisotopic (exact) mass is 372 g/mol. The average Bonchev–Trinajstić information content (AvgIpc) is 2.84. The third-order valence-electron chi connectivity index (χ3n) is 3.62. The molecule has 0 saturated heterocycles. The summed E-state index contributed by atoms with van der Waals surface area (Å²) in [5.41, 5.74) is 2.37. The zero-order chi connectivity index (χ0) is 14.4. The first kappa shape index (κ1) is 13.3. The highest BCUT2D eigenvalue weighted by atomic mass is 79.9. The normalized spacial score (nSPS) is 11.3. The molecular formula is C18H10BrClS. The Balaban J connectivity index is 1.96. The Kier molecular flexibility index (Phi) is 3.26. The van der Waals surface area contributed by atoms with Gasteiger partial charge in [-0.3, -0.25) is 0 Å². The fourth-order valence-corrected chi connectivity index (χ4v) is 4.67. The summed E-state index contributed by atoms with van der Waals surface area (Å²) in [5, 5.41) is 3.40. The second-order valence-electron chi connectivity index (χ2n) is 4.93. The molecule has 0 spiro atoms. The summed E-state index contributed by atoms with van der Waals surface area (Å²) < 4.78 is 3.67. The van der Waals surface area contributed by atoms with Crippen LogP contribution in [-0.4, -0.2) is 0 Å². The number of fused-ring (bicyclic) bond motifs is 3. The predicted molar refractivity (Wildman–Crippen MR) is 97.5 cm³/mol. The van der Waals surface area contributed by atoms with Crippen LogP contribution in [0.3, 0.4) is 0 Å². The zero-order valence-electron chi connectivity index (χ0n) is 10.9. The van der Waals surface area contributed by atoms with Crippen LogP contribution in [0.1, 0.15) is 0 Å². The van der Waals surface area contributed by atoms with Crippen LogP contribution in [0.5, 0.6) is 0 Å². The van der Waals surface area contributed by atoms with E-state index < -0.39 is 0 Å². The van der Waals surface area contributed by atoms with Gasteiger partial charge in [-0.15, -0.1) is 11.3 Å². The fourth-order valence-electron chi connectivity index (χ4n) is 2.62. The molecule has 0 N–H and O–H groups in total. The maximum atomic E-state index is 6.02. The molecule has 0 saturated carbocycles. The van der Waals surface area contributed by atoms with Crippen molar-refractivity contribution < 1.29 is 0 Å². The highest BCUT2D eigenvalue weighted by Gasteiger charge is 2.08. The topological polar surface area (TPSA) is 0 Å². The first-order chi connectivity index (χ1) is 10.2. The van der Waals surface area contributed by atoms with Gasteiger partial charge in [0.15, 0.2) is 0 Å². The molecule has 0 atom stereocenters. The Morgan fingerprint density at radius 3 is 2.48 bits per heavy atom. The Morgan fingerprint density at radius 1 is 0.810 bits per heavy atom. The van der Waals surface area contributed by atoms with Crippen molar-refractivity contribution in [3.63, 3.8) is 0 Å². The molecule has 0 nitrogen and oxygen atoms in total. The molecular weight excluding hydrogens is 364 g/mol. The van der Waals surface area contributed by atoms with Gasteiger partial charge in [0, 0.05) is 29.7 Å². The number of benzene rings is 3. The Hall–Kier alpha value is -1.35. The van der Waals surface area contributed by atoms with E-state index in [2.05, 4.69) is 64.5 Å². The molecule has 4 rings (SSSR count). The zero-order valence-corrected chi connectivity index (χ0v) is 14.1. The van der Waals surface area contributed by atoms with Crippen LogP contribution in [0.25, 0.3) is 31.3 Å². The smallest absolute Gasteiger partial charge is 0.0417 e. The van der Waals surface area contributed by atoms with Crippen LogP contribution in [0.15, 0.2) is 65.1 Å². The van der Waals surface area contributed by atoms with Crippen molar-refractivity contribution in [1.29, 1.82) is 0 Å². The molecule has 0 amide bonds. The van der Waals surface area contributed by atoms with Gasteiger partial charge in [0.2, 0.25) is 0 Å². The SMILES string of the molecule is Clc1ccc(-c2ccc3c(c2)sc2ccccc23)c(Br)c1. The van der Waals surface area contributed by atoms with Gasteiger partial charge in [-0.25, -0.2) is 0 Å². The molecule has 21 heavy (non-hydrogen) atoms. The van der Waals surface area contributed by atoms with Crippen LogP contribution in [0, 0.1) is 0 Å². The minimum Gasteiger partial charge on any atom is -0.135 e. The van der Waals surface area contributed by atoms with Gasteiger partial charge < -0.3 is 0 Å². The summed E-state index contributed by atoms with van der Waals surface area (Å²) in [6.07, 6.45) is 0. The highest BCUT2D eigenvalue weighted by Crippen LogP contribution is 2.38. The van der Waals surface area contributed by atoms with Crippen molar-refractivity contribution in [1.82, 2.24) is 0 Å². The summed E-state index contributed by atoms with van der Waals surface area (Å²) in [5.74, 6) is 0. The third kappa shape index (κ3) is 2.28. The highest BCUT2D eigenvalue weighted by molar-refractivity contribution is 9.10. The molecule has 3 aromatic carbocycles. The van der Waals surface area contributed by atoms with Crippen molar-refractivity contribution in [3.8, 4) is 11.1 Å². The Labute approximate surface area is 140 Å². The van der Waals surface area contributed by atoms with Crippen molar-refractivity contribution in [2.24, 2.45) is 0 Å². The number of hydrogen-bond donors (Lipinski definition) is 0. The average molecular weight is 374 g/mol. The molecule has 3 heteroatoms. The van der Waals surface area contributed by atoms with Gasteiger partial charge in [-0.05, 0) is 35.4 Å². The van der Waals surface area contributed by atoms with E-state index in [-0.39, 0.29) is 0 Å². The molecule has 0 radical (unpaired) electrons. The van der Waals surface area contributed by atoms with Crippen LogP contribution < -0.4 is 0 Å². The number of halogens is 2. The van der Waals surface area contributed by atoms with E-state index in [1.807, 2.05) is 23.5 Å². The molecule has 1 aromatic heterocycles. The van der Waals surface area contributed by atoms with E-state index >= 15 is 0 Å². The Bertz CT molecular complexity index is 971. The van der Waals surface area contributed by atoms with Crippen LogP contribution >= 0.6 is 38.9 Å². The van der Waals surface area contributed by atoms with E-state index in [1.54, 1.807) is 0 Å². The van der Waals surface area contributed by atoms with Crippen LogP contribution in [0.2, 0.25) is 5.02 Å². The summed E-state index contributed by atoms with van der Waals surface area (Å²) in [6, 6.07) is 21.1. The molecule has 0 bridgehead atoms. The van der Waals surface area contributed by atoms with Gasteiger partial charge in [-0.2, -0.15) is 0 Å². The van der Waals surface area contributed by atoms with Crippen LogP contribution in [-0.2, 0) is 0 Å². The maximum absolute atomic E-state index is 6.02. The molecule has 0 aliphatic heterocycles. The molecule has 0 aliphatic carbocycles. The van der Waals surface area contributed by atoms with E-state index in [4.69, 9.17) is 11.6 Å². The van der Waals surface area contributed by atoms with E-state index in [0.717, 1.165) is 9.50 Å². The second kappa shape index (κ2) is 5.13. The molecule has 0 aliphatic rings. The lowest BCUT2D eigenvalue weighted by atomic mass is 10.0. The minimum atomic E-state index is 0.744. The third-order valence-corrected chi connectivity index (χ3v) is 5.65. The van der Waals surface area contributed by atoms with Crippen molar-refractivity contribution in [2.45, 2.75) is 0 Å². The van der Waals surface area contributed by atoms with Crippen molar-refractivity contribution in [2.75, 3.05) is 0 Å². The summed E-state index contributed by atoms with van der Waals surface area (Å²) in [4.78, 5) is 0. The lowest BCUT2D eigenvalue weighted by Crippen LogP contribution is -1.79. The quantitative estimate of drug-likeness (QED) is 0.332. The number of thiophene rings is 1. The standard InChI is InChI=1S/C18H10BrClS/c19-16-10-12(20)6-8-13(16)11-5-7-15-14-3-1-2-4-17(14)21-18(15)9-11/h1-10H. The van der Waals surface area contributed by atoms with Gasteiger partial charge in [0.1, 0.15) is 0 Å². The van der Waals surface area contributed by atoms with Crippen molar-refractivity contribution in [3.05, 3.63) is 70.2 Å². The summed E-state index contributed by atoms with van der Waals surface area (Å²) in [7, 11) is 0. The minimum absolute atomic E-state index is 0.744. The second-order valence-corrected chi connectivity index (χ2v) is 7.31. The number of hydrogen-bond acceptors (Lipinski definition) is 1.